The minimum Gasteiger partial charge on any atom is -0.494 e. The summed E-state index contributed by atoms with van der Waals surface area (Å²) in [6.45, 7) is 7.91. The Morgan fingerprint density at radius 1 is 1.21 bits per heavy atom. The summed E-state index contributed by atoms with van der Waals surface area (Å²) in [4.78, 5) is 6.81. The van der Waals surface area contributed by atoms with Crippen LogP contribution in [0.15, 0.2) is 29.3 Å². The lowest BCUT2D eigenvalue weighted by atomic mass is 10.1. The molecule has 6 heteroatoms. The number of hydrogen-bond acceptors (Lipinski definition) is 3. The highest BCUT2D eigenvalue weighted by Gasteiger charge is 2.09. The summed E-state index contributed by atoms with van der Waals surface area (Å²) in [6, 6.07) is 8.17. The number of rotatable bonds is 7. The van der Waals surface area contributed by atoms with E-state index in [-0.39, 0.29) is 24.0 Å². The van der Waals surface area contributed by atoms with Crippen LogP contribution in [-0.2, 0) is 6.54 Å². The second-order valence-corrected chi connectivity index (χ2v) is 5.84. The molecule has 1 heterocycles. The molecule has 136 valence electrons. The van der Waals surface area contributed by atoms with Crippen LogP contribution in [0, 0.1) is 0 Å². The average molecular weight is 446 g/mol. The first-order valence-corrected chi connectivity index (χ1v) is 8.70. The number of piperidine rings is 1. The summed E-state index contributed by atoms with van der Waals surface area (Å²) in [5, 5.41) is 6.75. The van der Waals surface area contributed by atoms with Gasteiger partial charge in [-0.15, -0.1) is 24.0 Å². The van der Waals surface area contributed by atoms with E-state index in [1.54, 1.807) is 0 Å². The molecule has 0 spiro atoms. The van der Waals surface area contributed by atoms with Gasteiger partial charge in [0.1, 0.15) is 5.75 Å². The van der Waals surface area contributed by atoms with Gasteiger partial charge in [-0.1, -0.05) is 18.6 Å². The maximum absolute atomic E-state index is 5.53. The number of nitrogens with zero attached hydrogens (tertiary/aromatic N) is 2. The molecule has 0 unspecified atom stereocenters. The normalized spacial score (nSPS) is 15.5. The zero-order chi connectivity index (χ0) is 16.3. The molecule has 1 aliphatic heterocycles. The molecule has 0 atom stereocenters. The van der Waals surface area contributed by atoms with E-state index < -0.39 is 0 Å². The van der Waals surface area contributed by atoms with Crippen LogP contribution in [0.5, 0.6) is 5.75 Å². The Labute approximate surface area is 163 Å². The summed E-state index contributed by atoms with van der Waals surface area (Å²) in [6.07, 6.45) is 4.06. The molecular weight excluding hydrogens is 415 g/mol. The first-order valence-electron chi connectivity index (χ1n) is 8.70. The van der Waals surface area contributed by atoms with E-state index in [0.29, 0.717) is 6.61 Å². The maximum Gasteiger partial charge on any atom is 0.191 e. The number of nitrogens with one attached hydrogen (secondary N) is 2. The molecule has 0 amide bonds. The number of hydrogen-bond donors (Lipinski definition) is 2. The number of aliphatic imine (C=N–C) groups is 1. The SMILES string of the molecule is CCOc1cccc(CNC(=NC)NCCN2CCCCC2)c1.I. The summed E-state index contributed by atoms with van der Waals surface area (Å²) in [7, 11) is 1.81. The summed E-state index contributed by atoms with van der Waals surface area (Å²) in [5.41, 5.74) is 1.19. The van der Waals surface area contributed by atoms with Gasteiger partial charge in [0.15, 0.2) is 5.96 Å². The smallest absolute Gasteiger partial charge is 0.191 e. The number of halogens is 1. The fraction of sp³-hybridized carbons (Fsp3) is 0.611. The minimum atomic E-state index is 0. The molecule has 2 N–H and O–H groups in total. The average Bonchev–Trinajstić information content (AvgIpc) is 2.59. The van der Waals surface area contributed by atoms with Crippen molar-refractivity contribution in [3.05, 3.63) is 29.8 Å². The molecule has 0 aromatic heterocycles. The lowest BCUT2D eigenvalue weighted by Gasteiger charge is -2.26. The number of likely N-dealkylation sites (tertiary alicyclic amines) is 1. The Balaban J connectivity index is 0.00000288. The van der Waals surface area contributed by atoms with Gasteiger partial charge in [-0.25, -0.2) is 0 Å². The van der Waals surface area contributed by atoms with Gasteiger partial charge in [-0.2, -0.15) is 0 Å². The van der Waals surface area contributed by atoms with E-state index in [0.717, 1.165) is 31.3 Å². The van der Waals surface area contributed by atoms with Gasteiger partial charge in [0.2, 0.25) is 0 Å². The van der Waals surface area contributed by atoms with Crippen molar-refractivity contribution in [2.75, 3.05) is 39.8 Å². The third-order valence-electron chi connectivity index (χ3n) is 4.06. The second kappa shape index (κ2) is 12.4. The summed E-state index contributed by atoms with van der Waals surface area (Å²) >= 11 is 0. The Bertz CT molecular complexity index is 490. The summed E-state index contributed by atoms with van der Waals surface area (Å²) in [5.74, 6) is 1.77. The molecule has 0 aliphatic carbocycles. The highest BCUT2D eigenvalue weighted by atomic mass is 127. The molecular formula is C18H31IN4O. The number of ether oxygens (including phenoxy) is 1. The van der Waals surface area contributed by atoms with Crippen LogP contribution in [-0.4, -0.2) is 50.7 Å². The Morgan fingerprint density at radius 2 is 2.00 bits per heavy atom. The van der Waals surface area contributed by atoms with E-state index in [1.165, 1.54) is 37.9 Å². The van der Waals surface area contributed by atoms with E-state index in [4.69, 9.17) is 4.74 Å². The molecule has 0 radical (unpaired) electrons. The molecule has 1 fully saturated rings. The van der Waals surface area contributed by atoms with E-state index in [2.05, 4.69) is 32.7 Å². The van der Waals surface area contributed by atoms with Crippen molar-refractivity contribution in [3.8, 4) is 5.75 Å². The zero-order valence-corrected chi connectivity index (χ0v) is 17.2. The third kappa shape index (κ3) is 7.70. The predicted octanol–water partition coefficient (Wildman–Crippen LogP) is 2.85. The van der Waals surface area contributed by atoms with Crippen LogP contribution in [0.3, 0.4) is 0 Å². The Hall–Kier alpha value is -1.02. The largest absolute Gasteiger partial charge is 0.494 e. The van der Waals surface area contributed by atoms with Crippen LogP contribution < -0.4 is 15.4 Å². The molecule has 24 heavy (non-hydrogen) atoms. The molecule has 1 aliphatic rings. The van der Waals surface area contributed by atoms with Crippen LogP contribution in [0.2, 0.25) is 0 Å². The van der Waals surface area contributed by atoms with Crippen LogP contribution in [0.1, 0.15) is 31.7 Å². The first kappa shape index (κ1) is 21.0. The summed E-state index contributed by atoms with van der Waals surface area (Å²) < 4.78 is 5.53. The van der Waals surface area contributed by atoms with Crippen molar-refractivity contribution in [1.82, 2.24) is 15.5 Å². The van der Waals surface area contributed by atoms with Gasteiger partial charge in [0.25, 0.3) is 0 Å². The van der Waals surface area contributed by atoms with Gasteiger partial charge in [-0.3, -0.25) is 4.99 Å². The quantitative estimate of drug-likeness (QED) is 0.384. The molecule has 0 saturated carbocycles. The number of benzene rings is 1. The molecule has 1 saturated heterocycles. The fourth-order valence-corrected chi connectivity index (χ4v) is 2.83. The van der Waals surface area contributed by atoms with Crippen molar-refractivity contribution in [2.24, 2.45) is 4.99 Å². The van der Waals surface area contributed by atoms with Gasteiger partial charge < -0.3 is 20.3 Å². The lowest BCUT2D eigenvalue weighted by Crippen LogP contribution is -2.42. The van der Waals surface area contributed by atoms with Gasteiger partial charge in [0, 0.05) is 26.7 Å². The van der Waals surface area contributed by atoms with E-state index >= 15 is 0 Å². The van der Waals surface area contributed by atoms with Crippen LogP contribution in [0.25, 0.3) is 0 Å². The third-order valence-corrected chi connectivity index (χ3v) is 4.06. The van der Waals surface area contributed by atoms with Crippen molar-refractivity contribution < 1.29 is 4.74 Å². The first-order chi connectivity index (χ1) is 11.3. The second-order valence-electron chi connectivity index (χ2n) is 5.84. The van der Waals surface area contributed by atoms with Crippen molar-refractivity contribution in [3.63, 3.8) is 0 Å². The van der Waals surface area contributed by atoms with Crippen molar-refractivity contribution in [2.45, 2.75) is 32.7 Å². The monoisotopic (exact) mass is 446 g/mol. The van der Waals surface area contributed by atoms with Crippen molar-refractivity contribution in [1.29, 1.82) is 0 Å². The molecule has 1 aromatic rings. The highest BCUT2D eigenvalue weighted by Crippen LogP contribution is 2.13. The zero-order valence-electron chi connectivity index (χ0n) is 14.9. The minimum absolute atomic E-state index is 0. The molecule has 2 rings (SSSR count). The predicted molar refractivity (Wildman–Crippen MR) is 112 cm³/mol. The van der Waals surface area contributed by atoms with Crippen LogP contribution in [0.4, 0.5) is 0 Å². The highest BCUT2D eigenvalue weighted by molar-refractivity contribution is 14.0. The van der Waals surface area contributed by atoms with Gasteiger partial charge in [-0.05, 0) is 50.6 Å². The van der Waals surface area contributed by atoms with Gasteiger partial charge >= 0.3 is 0 Å². The van der Waals surface area contributed by atoms with Crippen LogP contribution >= 0.6 is 24.0 Å². The van der Waals surface area contributed by atoms with E-state index in [9.17, 15) is 0 Å². The number of guanidine groups is 1. The van der Waals surface area contributed by atoms with Gasteiger partial charge in [0.05, 0.1) is 6.61 Å². The molecule has 0 bridgehead atoms. The lowest BCUT2D eigenvalue weighted by molar-refractivity contribution is 0.232. The Kier molecular flexibility index (Phi) is 10.8. The Morgan fingerprint density at radius 3 is 2.71 bits per heavy atom. The molecule has 5 nitrogen and oxygen atoms in total. The maximum atomic E-state index is 5.53. The standard InChI is InChI=1S/C18H30N4O.HI/c1-3-23-17-9-7-8-16(14-17)15-21-18(19-2)20-10-13-22-11-5-4-6-12-22;/h7-9,14H,3-6,10-13,15H2,1-2H3,(H2,19,20,21);1H. The van der Waals surface area contributed by atoms with Crippen molar-refractivity contribution >= 4 is 29.9 Å². The molecule has 1 aromatic carbocycles. The fourth-order valence-electron chi connectivity index (χ4n) is 2.83. The van der Waals surface area contributed by atoms with E-state index in [1.807, 2.05) is 26.1 Å². The topological polar surface area (TPSA) is 48.9 Å².